The van der Waals surface area contributed by atoms with E-state index in [9.17, 15) is 0 Å². The van der Waals surface area contributed by atoms with E-state index in [1.165, 1.54) is 11.8 Å². The Labute approximate surface area is 84.2 Å². The van der Waals surface area contributed by atoms with E-state index in [4.69, 9.17) is 11.5 Å². The summed E-state index contributed by atoms with van der Waals surface area (Å²) >= 11 is 1.48. The van der Waals surface area contributed by atoms with Crippen molar-refractivity contribution in [3.05, 3.63) is 6.20 Å². The van der Waals surface area contributed by atoms with Crippen LogP contribution in [-0.4, -0.2) is 26.2 Å². The first-order valence-corrected chi connectivity index (χ1v) is 5.03. The zero-order chi connectivity index (χ0) is 10.1. The van der Waals surface area contributed by atoms with Crippen LogP contribution >= 0.6 is 11.8 Å². The van der Waals surface area contributed by atoms with E-state index in [2.05, 4.69) is 19.9 Å². The highest BCUT2D eigenvalue weighted by atomic mass is 32.2. The molecule has 2 rings (SSSR count). The lowest BCUT2D eigenvalue weighted by molar-refractivity contribution is 1.07. The van der Waals surface area contributed by atoms with E-state index in [1.54, 1.807) is 6.20 Å². The highest BCUT2D eigenvalue weighted by Crippen LogP contribution is 2.17. The summed E-state index contributed by atoms with van der Waals surface area (Å²) < 4.78 is 0. The van der Waals surface area contributed by atoms with Crippen molar-refractivity contribution in [2.75, 3.05) is 17.7 Å². The summed E-state index contributed by atoms with van der Waals surface area (Å²) in [5.74, 6) is 0.371. The molecule has 0 fully saturated rings. The fourth-order valence-corrected chi connectivity index (χ4v) is 1.37. The second-order valence-electron chi connectivity index (χ2n) is 2.55. The number of aromatic nitrogens is 4. The second-order valence-corrected chi connectivity index (χ2v) is 3.38. The summed E-state index contributed by atoms with van der Waals surface area (Å²) in [6.45, 7) is 0. The molecule has 0 saturated carbocycles. The van der Waals surface area contributed by atoms with Crippen LogP contribution in [0, 0.1) is 0 Å². The van der Waals surface area contributed by atoms with Crippen molar-refractivity contribution < 1.29 is 0 Å². The molecule has 0 unspecified atom stereocenters. The van der Waals surface area contributed by atoms with Crippen LogP contribution in [0.1, 0.15) is 0 Å². The Kier molecular flexibility index (Phi) is 2.08. The molecular formula is C7H8N6S. The quantitative estimate of drug-likeness (QED) is 0.650. The maximum Gasteiger partial charge on any atom is 0.224 e. The number of hydrogen-bond donors (Lipinski definition) is 2. The van der Waals surface area contributed by atoms with Crippen LogP contribution in [0.15, 0.2) is 11.2 Å². The Balaban J connectivity index is 2.75. The van der Waals surface area contributed by atoms with E-state index >= 15 is 0 Å². The Bertz CT molecular complexity index is 485. The van der Waals surface area contributed by atoms with Gasteiger partial charge in [-0.05, 0) is 6.26 Å². The van der Waals surface area contributed by atoms with E-state index in [1.807, 2.05) is 6.26 Å². The number of nitrogens with two attached hydrogens (primary N) is 2. The summed E-state index contributed by atoms with van der Waals surface area (Å²) in [4.78, 5) is 16.0. The molecule has 6 nitrogen and oxygen atoms in total. The molecule has 0 aliphatic carbocycles. The Morgan fingerprint density at radius 1 is 1.21 bits per heavy atom. The van der Waals surface area contributed by atoms with Crippen molar-refractivity contribution in [3.8, 4) is 0 Å². The van der Waals surface area contributed by atoms with Crippen LogP contribution < -0.4 is 11.5 Å². The molecule has 0 radical (unpaired) electrons. The van der Waals surface area contributed by atoms with Crippen LogP contribution in [0.25, 0.3) is 11.2 Å². The third kappa shape index (κ3) is 1.41. The number of hydrogen-bond acceptors (Lipinski definition) is 7. The minimum Gasteiger partial charge on any atom is -0.382 e. The van der Waals surface area contributed by atoms with Crippen LogP contribution in [0.3, 0.4) is 0 Å². The van der Waals surface area contributed by atoms with Gasteiger partial charge in [-0.25, -0.2) is 9.97 Å². The average Bonchev–Trinajstić information content (AvgIpc) is 2.16. The van der Waals surface area contributed by atoms with Gasteiger partial charge in [0.15, 0.2) is 11.5 Å². The third-order valence-corrected chi connectivity index (χ3v) is 2.25. The number of nitrogens with zero attached hydrogens (tertiary/aromatic N) is 4. The molecule has 0 aromatic carbocycles. The van der Waals surface area contributed by atoms with E-state index < -0.39 is 0 Å². The molecule has 0 amide bonds. The van der Waals surface area contributed by atoms with Crippen LogP contribution in [0.2, 0.25) is 0 Å². The molecular weight excluding hydrogens is 200 g/mol. The molecule has 0 spiro atoms. The second kappa shape index (κ2) is 3.26. The molecule has 2 aromatic heterocycles. The fourth-order valence-electron chi connectivity index (χ4n) is 1.03. The minimum absolute atomic E-state index is 0.113. The maximum absolute atomic E-state index is 5.61. The first kappa shape index (κ1) is 8.95. The predicted octanol–water partition coefficient (Wildman–Crippen LogP) is 0.306. The molecule has 4 N–H and O–H groups in total. The minimum atomic E-state index is 0.113. The number of anilines is 2. The van der Waals surface area contributed by atoms with Crippen molar-refractivity contribution >= 4 is 34.7 Å². The zero-order valence-electron chi connectivity index (χ0n) is 7.43. The SMILES string of the molecule is CSc1cnc2c(N)nc(N)nc2n1. The Morgan fingerprint density at radius 3 is 2.71 bits per heavy atom. The molecule has 72 valence electrons. The van der Waals surface area contributed by atoms with Gasteiger partial charge in [-0.2, -0.15) is 9.97 Å². The zero-order valence-corrected chi connectivity index (χ0v) is 8.25. The largest absolute Gasteiger partial charge is 0.382 e. The summed E-state index contributed by atoms with van der Waals surface area (Å²) in [5, 5.41) is 0.773. The highest BCUT2D eigenvalue weighted by molar-refractivity contribution is 7.98. The lowest BCUT2D eigenvalue weighted by Gasteiger charge is -2.01. The van der Waals surface area contributed by atoms with Gasteiger partial charge in [0.25, 0.3) is 0 Å². The molecule has 2 aromatic rings. The van der Waals surface area contributed by atoms with Gasteiger partial charge in [-0.15, -0.1) is 11.8 Å². The summed E-state index contributed by atoms with van der Waals surface area (Å²) in [6, 6.07) is 0. The van der Waals surface area contributed by atoms with Crippen molar-refractivity contribution in [2.24, 2.45) is 0 Å². The van der Waals surface area contributed by atoms with Gasteiger partial charge in [-0.1, -0.05) is 0 Å². The molecule has 7 heteroatoms. The van der Waals surface area contributed by atoms with Gasteiger partial charge >= 0.3 is 0 Å². The smallest absolute Gasteiger partial charge is 0.224 e. The molecule has 2 heterocycles. The van der Waals surface area contributed by atoms with Gasteiger partial charge in [0, 0.05) is 0 Å². The standard InChI is InChI=1S/C7H8N6S/c1-14-3-2-10-4-5(8)12-7(9)13-6(4)11-3/h2H,1H3,(H4,8,9,11,12,13). The van der Waals surface area contributed by atoms with Crippen LogP contribution in [0.4, 0.5) is 11.8 Å². The predicted molar refractivity (Wildman–Crippen MR) is 55.7 cm³/mol. The number of nitrogen functional groups attached to an aromatic ring is 2. The van der Waals surface area contributed by atoms with Crippen LogP contribution in [0.5, 0.6) is 0 Å². The van der Waals surface area contributed by atoms with Gasteiger partial charge in [0.05, 0.1) is 6.20 Å². The topological polar surface area (TPSA) is 104 Å². The number of rotatable bonds is 1. The fraction of sp³-hybridized carbons (Fsp3) is 0.143. The average molecular weight is 208 g/mol. The van der Waals surface area contributed by atoms with Crippen LogP contribution in [-0.2, 0) is 0 Å². The maximum atomic E-state index is 5.61. The van der Waals surface area contributed by atoms with Gasteiger partial charge in [0.2, 0.25) is 5.95 Å². The van der Waals surface area contributed by atoms with Crippen molar-refractivity contribution in [1.29, 1.82) is 0 Å². The van der Waals surface area contributed by atoms with Gasteiger partial charge < -0.3 is 11.5 Å². The first-order valence-electron chi connectivity index (χ1n) is 3.80. The van der Waals surface area contributed by atoms with Crippen molar-refractivity contribution in [2.45, 2.75) is 5.03 Å². The monoisotopic (exact) mass is 208 g/mol. The number of fused-ring (bicyclic) bond motifs is 1. The molecule has 0 saturated heterocycles. The van der Waals surface area contributed by atoms with E-state index in [-0.39, 0.29) is 11.8 Å². The normalized spacial score (nSPS) is 10.6. The molecule has 0 bridgehead atoms. The molecule has 0 atom stereocenters. The summed E-state index contributed by atoms with van der Waals surface area (Å²) in [5.41, 5.74) is 12.0. The van der Waals surface area contributed by atoms with E-state index in [0.29, 0.717) is 11.2 Å². The Morgan fingerprint density at radius 2 is 2.00 bits per heavy atom. The molecule has 0 aliphatic rings. The lowest BCUT2D eigenvalue weighted by Crippen LogP contribution is -2.03. The van der Waals surface area contributed by atoms with E-state index in [0.717, 1.165) is 5.03 Å². The third-order valence-electron chi connectivity index (χ3n) is 1.64. The number of thioether (sulfide) groups is 1. The summed E-state index contributed by atoms with van der Waals surface area (Å²) in [7, 11) is 0. The first-order chi connectivity index (χ1) is 6.70. The lowest BCUT2D eigenvalue weighted by atomic mass is 10.5. The Hall–Kier alpha value is -1.63. The van der Waals surface area contributed by atoms with Crippen molar-refractivity contribution in [3.63, 3.8) is 0 Å². The highest BCUT2D eigenvalue weighted by Gasteiger charge is 2.06. The summed E-state index contributed by atoms with van der Waals surface area (Å²) in [6.07, 6.45) is 3.53. The van der Waals surface area contributed by atoms with Gasteiger partial charge in [0.1, 0.15) is 10.5 Å². The van der Waals surface area contributed by atoms with Gasteiger partial charge in [-0.3, -0.25) is 0 Å². The molecule has 0 aliphatic heterocycles. The molecule has 14 heavy (non-hydrogen) atoms. The van der Waals surface area contributed by atoms with Crippen molar-refractivity contribution in [1.82, 2.24) is 19.9 Å².